The first-order valence-electron chi connectivity index (χ1n) is 8.07. The van der Waals surface area contributed by atoms with Crippen molar-refractivity contribution in [1.29, 1.82) is 0 Å². The highest BCUT2D eigenvalue weighted by atomic mass is 35.5. The molecule has 3 aromatic heterocycles. The van der Waals surface area contributed by atoms with Crippen LogP contribution in [0.5, 0.6) is 0 Å². The first kappa shape index (κ1) is 16.5. The molecule has 0 spiro atoms. The van der Waals surface area contributed by atoms with Gasteiger partial charge in [-0.15, -0.1) is 0 Å². The fourth-order valence-corrected chi connectivity index (χ4v) is 3.15. The van der Waals surface area contributed by atoms with Gasteiger partial charge in [-0.1, -0.05) is 22.8 Å². The SMILES string of the molecule is O=C(c1c[nH]c(=O)c(Cl)c1)N1CCC[C@@H]1c1nc(-c2ccccn2)no1. The van der Waals surface area contributed by atoms with Gasteiger partial charge in [0.25, 0.3) is 11.5 Å². The molecule has 1 atom stereocenters. The van der Waals surface area contributed by atoms with Crippen LogP contribution in [0.25, 0.3) is 11.5 Å². The maximum absolute atomic E-state index is 12.8. The van der Waals surface area contributed by atoms with Gasteiger partial charge in [0.05, 0.1) is 5.56 Å². The van der Waals surface area contributed by atoms with E-state index in [0.29, 0.717) is 35.9 Å². The number of H-pyrrole nitrogens is 1. The van der Waals surface area contributed by atoms with Crippen molar-refractivity contribution in [3.8, 4) is 11.5 Å². The van der Waals surface area contributed by atoms with E-state index in [2.05, 4.69) is 20.1 Å². The molecule has 1 fully saturated rings. The van der Waals surface area contributed by atoms with Crippen molar-refractivity contribution in [2.75, 3.05) is 6.54 Å². The minimum Gasteiger partial charge on any atom is -0.337 e. The maximum atomic E-state index is 12.8. The van der Waals surface area contributed by atoms with E-state index in [-0.39, 0.29) is 17.0 Å². The van der Waals surface area contributed by atoms with Crippen molar-refractivity contribution in [3.05, 3.63) is 63.5 Å². The summed E-state index contributed by atoms with van der Waals surface area (Å²) in [5.74, 6) is 0.502. The number of likely N-dealkylation sites (tertiary alicyclic amines) is 1. The van der Waals surface area contributed by atoms with E-state index in [1.54, 1.807) is 23.2 Å². The predicted octanol–water partition coefficient (Wildman–Crippen LogP) is 2.45. The van der Waals surface area contributed by atoms with E-state index in [9.17, 15) is 9.59 Å². The van der Waals surface area contributed by atoms with E-state index in [0.717, 1.165) is 6.42 Å². The number of amides is 1. The van der Waals surface area contributed by atoms with Gasteiger partial charge in [0, 0.05) is 18.9 Å². The van der Waals surface area contributed by atoms with Gasteiger partial charge in [0.2, 0.25) is 11.7 Å². The molecule has 3 aromatic rings. The topological polar surface area (TPSA) is 105 Å². The lowest BCUT2D eigenvalue weighted by Crippen LogP contribution is -2.31. The summed E-state index contributed by atoms with van der Waals surface area (Å²) in [5.41, 5.74) is 0.481. The molecule has 1 saturated heterocycles. The molecule has 0 unspecified atom stereocenters. The van der Waals surface area contributed by atoms with Crippen molar-refractivity contribution < 1.29 is 9.32 Å². The number of hydrogen-bond acceptors (Lipinski definition) is 6. The van der Waals surface area contributed by atoms with Crippen LogP contribution in [0.3, 0.4) is 0 Å². The number of halogens is 1. The van der Waals surface area contributed by atoms with Crippen LogP contribution in [0.2, 0.25) is 5.02 Å². The molecule has 4 heterocycles. The molecule has 1 aliphatic rings. The van der Waals surface area contributed by atoms with Gasteiger partial charge in [0.1, 0.15) is 16.8 Å². The van der Waals surface area contributed by atoms with E-state index in [1.807, 2.05) is 6.07 Å². The molecule has 0 bridgehead atoms. The monoisotopic (exact) mass is 371 g/mol. The number of carbonyl (C=O) groups is 1. The molecule has 1 amide bonds. The van der Waals surface area contributed by atoms with E-state index < -0.39 is 5.56 Å². The fourth-order valence-electron chi connectivity index (χ4n) is 2.98. The Morgan fingerprint density at radius 1 is 1.38 bits per heavy atom. The lowest BCUT2D eigenvalue weighted by molar-refractivity contribution is 0.0709. The number of carbonyl (C=O) groups excluding carboxylic acids is 1. The van der Waals surface area contributed by atoms with Gasteiger partial charge in [0.15, 0.2) is 0 Å². The first-order chi connectivity index (χ1) is 12.6. The van der Waals surface area contributed by atoms with Crippen LogP contribution in [-0.4, -0.2) is 37.5 Å². The highest BCUT2D eigenvalue weighted by Gasteiger charge is 2.35. The molecule has 0 aromatic carbocycles. The number of rotatable bonds is 3. The first-order valence-corrected chi connectivity index (χ1v) is 8.45. The minimum absolute atomic E-state index is 0.0261. The van der Waals surface area contributed by atoms with Crippen LogP contribution in [-0.2, 0) is 0 Å². The molecule has 0 radical (unpaired) electrons. The zero-order valence-electron chi connectivity index (χ0n) is 13.6. The molecule has 0 saturated carbocycles. The molecular weight excluding hydrogens is 358 g/mol. The van der Waals surface area contributed by atoms with Gasteiger partial charge in [-0.25, -0.2) is 0 Å². The molecule has 0 aliphatic carbocycles. The molecule has 132 valence electrons. The maximum Gasteiger partial charge on any atom is 0.266 e. The number of aromatic nitrogens is 4. The summed E-state index contributed by atoms with van der Waals surface area (Å²) < 4.78 is 5.38. The zero-order chi connectivity index (χ0) is 18.1. The van der Waals surface area contributed by atoms with Crippen LogP contribution in [0.1, 0.15) is 35.1 Å². The number of aromatic amines is 1. The Balaban J connectivity index is 1.60. The highest BCUT2D eigenvalue weighted by molar-refractivity contribution is 6.30. The van der Waals surface area contributed by atoms with E-state index in [4.69, 9.17) is 16.1 Å². The predicted molar refractivity (Wildman–Crippen MR) is 92.6 cm³/mol. The van der Waals surface area contributed by atoms with E-state index in [1.165, 1.54) is 12.3 Å². The van der Waals surface area contributed by atoms with E-state index >= 15 is 0 Å². The molecule has 1 N–H and O–H groups in total. The van der Waals surface area contributed by atoms with Crippen molar-refractivity contribution in [2.45, 2.75) is 18.9 Å². The third-order valence-corrected chi connectivity index (χ3v) is 4.52. The average Bonchev–Trinajstić information content (AvgIpc) is 3.33. The summed E-state index contributed by atoms with van der Waals surface area (Å²) in [6.07, 6.45) is 4.54. The quantitative estimate of drug-likeness (QED) is 0.758. The lowest BCUT2D eigenvalue weighted by atomic mass is 10.2. The van der Waals surface area contributed by atoms with Gasteiger partial charge >= 0.3 is 0 Å². The van der Waals surface area contributed by atoms with Crippen LogP contribution in [0, 0.1) is 0 Å². The van der Waals surface area contributed by atoms with Crippen LogP contribution in [0.4, 0.5) is 0 Å². The molecule has 1 aliphatic heterocycles. The Kier molecular flexibility index (Phi) is 4.26. The van der Waals surface area contributed by atoms with Gasteiger partial charge in [-0.2, -0.15) is 4.98 Å². The summed E-state index contributed by atoms with van der Waals surface area (Å²) in [6.45, 7) is 0.557. The van der Waals surface area contributed by atoms with Crippen molar-refractivity contribution in [3.63, 3.8) is 0 Å². The Bertz CT molecular complexity index is 1000. The summed E-state index contributed by atoms with van der Waals surface area (Å²) in [7, 11) is 0. The Hall–Kier alpha value is -3.00. The van der Waals surface area contributed by atoms with Crippen LogP contribution in [0.15, 0.2) is 46.0 Å². The third kappa shape index (κ3) is 2.99. The summed E-state index contributed by atoms with van der Waals surface area (Å²) in [6, 6.07) is 6.47. The van der Waals surface area contributed by atoms with Crippen molar-refractivity contribution in [1.82, 2.24) is 25.0 Å². The molecule has 8 nitrogen and oxygen atoms in total. The van der Waals surface area contributed by atoms with Crippen molar-refractivity contribution >= 4 is 17.5 Å². The standard InChI is InChI=1S/C17H14ClN5O3/c18-11-8-10(9-20-15(11)24)17(25)23-7-3-5-13(23)16-21-14(22-26-16)12-4-1-2-6-19-12/h1-2,4,6,8-9,13H,3,5,7H2,(H,20,24)/t13-/m1/s1. The van der Waals surface area contributed by atoms with Gasteiger partial charge in [-0.3, -0.25) is 14.6 Å². The fraction of sp³-hybridized carbons (Fsp3) is 0.235. The Morgan fingerprint density at radius 2 is 2.27 bits per heavy atom. The van der Waals surface area contributed by atoms with Crippen molar-refractivity contribution in [2.24, 2.45) is 0 Å². The molecular formula is C17H14ClN5O3. The second-order valence-electron chi connectivity index (χ2n) is 5.89. The second kappa shape index (κ2) is 6.72. The highest BCUT2D eigenvalue weighted by Crippen LogP contribution is 2.33. The lowest BCUT2D eigenvalue weighted by Gasteiger charge is -2.21. The number of pyridine rings is 2. The molecule has 26 heavy (non-hydrogen) atoms. The number of hydrogen-bond donors (Lipinski definition) is 1. The van der Waals surface area contributed by atoms with Gasteiger partial charge < -0.3 is 14.4 Å². The number of nitrogens with zero attached hydrogens (tertiary/aromatic N) is 4. The Labute approximate surface area is 152 Å². The second-order valence-corrected chi connectivity index (χ2v) is 6.30. The van der Waals surface area contributed by atoms with Crippen LogP contribution < -0.4 is 5.56 Å². The third-order valence-electron chi connectivity index (χ3n) is 4.24. The normalized spacial score (nSPS) is 16.8. The molecule has 4 rings (SSSR count). The summed E-state index contributed by atoms with van der Waals surface area (Å²) in [5, 5.41) is 3.94. The number of nitrogens with one attached hydrogen (secondary N) is 1. The largest absolute Gasteiger partial charge is 0.337 e. The average molecular weight is 372 g/mol. The Morgan fingerprint density at radius 3 is 3.04 bits per heavy atom. The summed E-state index contributed by atoms with van der Waals surface area (Å²) >= 11 is 5.83. The zero-order valence-corrected chi connectivity index (χ0v) is 14.3. The van der Waals surface area contributed by atoms with Crippen LogP contribution >= 0.6 is 11.6 Å². The van der Waals surface area contributed by atoms with Gasteiger partial charge in [-0.05, 0) is 31.0 Å². The minimum atomic E-state index is -0.432. The summed E-state index contributed by atoms with van der Waals surface area (Å²) in [4.78, 5) is 36.9. The molecule has 9 heteroatoms. The smallest absolute Gasteiger partial charge is 0.266 e.